The molecule has 1 aliphatic carbocycles. The molecule has 5 heterocycles. The van der Waals surface area contributed by atoms with Gasteiger partial charge in [0.15, 0.2) is 8.32 Å². The van der Waals surface area contributed by atoms with Gasteiger partial charge in [0.2, 0.25) is 0 Å². The Kier molecular flexibility index (Phi) is 10.0. The van der Waals surface area contributed by atoms with Gasteiger partial charge in [-0.2, -0.15) is 5.10 Å². The second-order valence-electron chi connectivity index (χ2n) is 16.6. The van der Waals surface area contributed by atoms with Crippen molar-refractivity contribution in [1.29, 1.82) is 0 Å². The first kappa shape index (κ1) is 37.5. The Morgan fingerprint density at radius 2 is 1.79 bits per heavy atom. The first-order valence-corrected chi connectivity index (χ1v) is 22.5. The number of anilines is 2. The summed E-state index contributed by atoms with van der Waals surface area (Å²) >= 11 is 0. The molecule has 1 aliphatic heterocycles. The third kappa shape index (κ3) is 7.33. The number of aromatic nitrogens is 6. The van der Waals surface area contributed by atoms with Crippen molar-refractivity contribution < 1.29 is 13.9 Å². The molecule has 1 N–H and O–H groups in total. The summed E-state index contributed by atoms with van der Waals surface area (Å²) in [6, 6.07) is 18.7. The molecule has 0 amide bonds. The van der Waals surface area contributed by atoms with E-state index in [1.165, 1.54) is 6.42 Å². The van der Waals surface area contributed by atoms with Crippen molar-refractivity contribution in [1.82, 2.24) is 29.3 Å². The quantitative estimate of drug-likeness (QED) is 0.108. The Bertz CT molecular complexity index is 2450. The number of aryl methyl sites for hydroxylation is 1. The van der Waals surface area contributed by atoms with Crippen LogP contribution in [0.2, 0.25) is 18.1 Å². The molecule has 0 radical (unpaired) electrons. The molecule has 2 aromatic carbocycles. The van der Waals surface area contributed by atoms with E-state index in [0.717, 1.165) is 93.4 Å². The smallest absolute Gasteiger partial charge is 0.192 e. The standard InChI is InChI=1S/C44H52N8O3Si/c1-44(2,3)56(7,8)55-39-24-33(23-31(39)13-11-29-10-12-30-15-17-40(48-37(30)22-29)51-19-9-20-51)52-27-35(36-18-21-50(4)49-36)41-42(46-28-47-43(41)52)45-26-32-14-16-34(53-5)25-38(32)54-6/h10,12,14-18,21-22,25,27-28,31,33,39H,9,19-20,23-24,26H2,1-8H3,(H,45,46,47)/t31-,33+,39-/m0/s1. The van der Waals surface area contributed by atoms with Gasteiger partial charge in [-0.3, -0.25) is 4.68 Å². The summed E-state index contributed by atoms with van der Waals surface area (Å²) in [5.74, 6) is 10.6. The molecule has 0 bridgehead atoms. The number of ether oxygens (including phenoxy) is 2. The number of hydrogen-bond acceptors (Lipinski definition) is 9. The van der Waals surface area contributed by atoms with Crippen LogP contribution >= 0.6 is 0 Å². The fourth-order valence-electron chi connectivity index (χ4n) is 7.55. The molecule has 2 aliphatic rings. The average Bonchev–Trinajstić information content (AvgIpc) is 3.88. The third-order valence-electron chi connectivity index (χ3n) is 11.9. The predicted octanol–water partition coefficient (Wildman–Crippen LogP) is 8.61. The van der Waals surface area contributed by atoms with Gasteiger partial charge in [-0.05, 0) is 79.9 Å². The molecule has 12 heteroatoms. The van der Waals surface area contributed by atoms with Crippen LogP contribution in [0.15, 0.2) is 73.3 Å². The van der Waals surface area contributed by atoms with Crippen molar-refractivity contribution in [3.05, 3.63) is 84.4 Å². The molecule has 3 atom stereocenters. The predicted molar refractivity (Wildman–Crippen MR) is 226 cm³/mol. The zero-order chi connectivity index (χ0) is 39.2. The molecular weight excluding hydrogens is 717 g/mol. The minimum Gasteiger partial charge on any atom is -0.497 e. The molecular formula is C44H52N8O3Si. The van der Waals surface area contributed by atoms with Crippen LogP contribution in [0.4, 0.5) is 11.6 Å². The summed E-state index contributed by atoms with van der Waals surface area (Å²) in [6.45, 7) is 14.2. The fourth-order valence-corrected chi connectivity index (χ4v) is 8.92. The third-order valence-corrected chi connectivity index (χ3v) is 16.4. The molecule has 56 heavy (non-hydrogen) atoms. The van der Waals surface area contributed by atoms with Gasteiger partial charge in [-0.25, -0.2) is 15.0 Å². The van der Waals surface area contributed by atoms with Crippen molar-refractivity contribution in [2.45, 2.75) is 76.9 Å². The van der Waals surface area contributed by atoms with Crippen molar-refractivity contribution in [2.24, 2.45) is 13.0 Å². The summed E-state index contributed by atoms with van der Waals surface area (Å²) in [5, 5.41) is 10.5. The molecule has 6 aromatic rings. The Morgan fingerprint density at radius 1 is 0.964 bits per heavy atom. The zero-order valence-electron chi connectivity index (χ0n) is 33.8. The van der Waals surface area contributed by atoms with Gasteiger partial charge in [0.25, 0.3) is 0 Å². The molecule has 1 saturated carbocycles. The summed E-state index contributed by atoms with van der Waals surface area (Å²) < 4.78 is 22.5. The van der Waals surface area contributed by atoms with Gasteiger partial charge in [0.05, 0.1) is 36.9 Å². The lowest BCUT2D eigenvalue weighted by atomic mass is 10.1. The number of methoxy groups -OCH3 is 2. The highest BCUT2D eigenvalue weighted by molar-refractivity contribution is 6.74. The molecule has 11 nitrogen and oxygen atoms in total. The largest absolute Gasteiger partial charge is 0.497 e. The highest BCUT2D eigenvalue weighted by atomic mass is 28.4. The van der Waals surface area contributed by atoms with Crippen LogP contribution in [-0.4, -0.2) is 71.0 Å². The second-order valence-corrected chi connectivity index (χ2v) is 21.4. The SMILES string of the molecule is COc1ccc(CNc2ncnc3c2c(-c2ccn(C)n2)cn3[C@H]2C[C@H](O[Si](C)(C)C(C)(C)C)[C@@H](C#Cc3ccc4ccc(N5CCC5)nc4c3)C2)c(OC)c1. The Balaban J connectivity index is 1.15. The summed E-state index contributed by atoms with van der Waals surface area (Å²) in [4.78, 5) is 17.0. The van der Waals surface area contributed by atoms with Gasteiger partial charge in [0, 0.05) is 79.2 Å². The van der Waals surface area contributed by atoms with Crippen LogP contribution in [0.3, 0.4) is 0 Å². The van der Waals surface area contributed by atoms with Gasteiger partial charge in [-0.15, -0.1) is 0 Å². The van der Waals surface area contributed by atoms with Crippen molar-refractivity contribution in [2.75, 3.05) is 37.5 Å². The first-order chi connectivity index (χ1) is 26.9. The van der Waals surface area contributed by atoms with Crippen LogP contribution in [0, 0.1) is 17.8 Å². The molecule has 290 valence electrons. The van der Waals surface area contributed by atoms with Crippen molar-refractivity contribution in [3.63, 3.8) is 0 Å². The van der Waals surface area contributed by atoms with Gasteiger partial charge < -0.3 is 28.7 Å². The minimum absolute atomic E-state index is 0.0253. The number of pyridine rings is 1. The Morgan fingerprint density at radius 3 is 2.50 bits per heavy atom. The van der Waals surface area contributed by atoms with Crippen molar-refractivity contribution >= 4 is 41.9 Å². The number of rotatable bonds is 10. The van der Waals surface area contributed by atoms with E-state index in [0.29, 0.717) is 6.54 Å². The molecule has 8 rings (SSSR count). The van der Waals surface area contributed by atoms with Crippen LogP contribution in [0.1, 0.15) is 57.2 Å². The number of hydrogen-bond donors (Lipinski definition) is 1. The van der Waals surface area contributed by atoms with E-state index in [-0.39, 0.29) is 23.1 Å². The van der Waals surface area contributed by atoms with E-state index in [1.54, 1.807) is 20.5 Å². The molecule has 0 unspecified atom stereocenters. The van der Waals surface area contributed by atoms with Crippen molar-refractivity contribution in [3.8, 4) is 34.6 Å². The van der Waals surface area contributed by atoms with E-state index in [9.17, 15) is 0 Å². The normalized spacial score (nSPS) is 18.5. The highest BCUT2D eigenvalue weighted by Gasteiger charge is 2.44. The fraction of sp³-hybridized carbons (Fsp3) is 0.409. The Hall–Kier alpha value is -5.38. The number of nitrogens with one attached hydrogen (secondary N) is 1. The van der Waals surface area contributed by atoms with Gasteiger partial charge in [-0.1, -0.05) is 38.7 Å². The molecule has 1 saturated heterocycles. The Labute approximate surface area is 330 Å². The topological polar surface area (TPSA) is 104 Å². The van der Waals surface area contributed by atoms with Gasteiger partial charge >= 0.3 is 0 Å². The maximum absolute atomic E-state index is 7.23. The number of fused-ring (bicyclic) bond motifs is 2. The number of nitrogens with zero attached hydrogens (tertiary/aromatic N) is 7. The lowest BCUT2D eigenvalue weighted by molar-refractivity contribution is 0.161. The van der Waals surface area contributed by atoms with E-state index in [4.69, 9.17) is 34.0 Å². The lowest BCUT2D eigenvalue weighted by Gasteiger charge is -2.39. The van der Waals surface area contributed by atoms with E-state index in [2.05, 4.69) is 97.0 Å². The molecule has 2 fully saturated rings. The summed E-state index contributed by atoms with van der Waals surface area (Å²) in [5.41, 5.74) is 5.63. The van der Waals surface area contributed by atoms with Crippen LogP contribution < -0.4 is 19.7 Å². The maximum atomic E-state index is 7.23. The van der Waals surface area contributed by atoms with Crippen LogP contribution in [-0.2, 0) is 18.0 Å². The first-order valence-electron chi connectivity index (χ1n) is 19.6. The number of benzene rings is 2. The minimum atomic E-state index is -2.12. The lowest BCUT2D eigenvalue weighted by Crippen LogP contribution is -2.44. The van der Waals surface area contributed by atoms with Crippen LogP contribution in [0.25, 0.3) is 33.2 Å². The molecule has 4 aromatic heterocycles. The summed E-state index contributed by atoms with van der Waals surface area (Å²) in [6.07, 6.45) is 8.67. The second kappa shape index (κ2) is 14.9. The van der Waals surface area contributed by atoms with E-state index >= 15 is 0 Å². The maximum Gasteiger partial charge on any atom is 0.192 e. The summed E-state index contributed by atoms with van der Waals surface area (Å²) in [7, 11) is 3.14. The van der Waals surface area contributed by atoms with E-state index < -0.39 is 8.32 Å². The molecule has 0 spiro atoms. The van der Waals surface area contributed by atoms with Crippen LogP contribution in [0.5, 0.6) is 11.5 Å². The zero-order valence-corrected chi connectivity index (χ0v) is 34.8. The average molecular weight is 769 g/mol. The highest BCUT2D eigenvalue weighted by Crippen LogP contribution is 2.46. The monoisotopic (exact) mass is 768 g/mol. The van der Waals surface area contributed by atoms with Gasteiger partial charge in [0.1, 0.15) is 35.1 Å². The van der Waals surface area contributed by atoms with E-state index in [1.807, 2.05) is 42.2 Å².